The van der Waals surface area contributed by atoms with Crippen molar-refractivity contribution < 1.29 is 28.7 Å². The van der Waals surface area contributed by atoms with Crippen molar-refractivity contribution in [1.82, 2.24) is 4.57 Å². The maximum Gasteiger partial charge on any atom is 0.338 e. The molecule has 0 unspecified atom stereocenters. The molecule has 0 N–H and O–H groups in total. The van der Waals surface area contributed by atoms with E-state index in [0.717, 1.165) is 11.3 Å². The van der Waals surface area contributed by atoms with Crippen LogP contribution in [-0.4, -0.2) is 35.1 Å². The van der Waals surface area contributed by atoms with Crippen molar-refractivity contribution in [2.75, 3.05) is 13.7 Å². The number of benzene rings is 2. The molecular weight excluding hydrogens is 514 g/mol. The predicted octanol–water partition coefficient (Wildman–Crippen LogP) is 2.64. The van der Waals surface area contributed by atoms with Gasteiger partial charge in [-0.1, -0.05) is 29.5 Å². The molecule has 38 heavy (non-hydrogen) atoms. The number of nitro groups is 1. The van der Waals surface area contributed by atoms with E-state index < -0.39 is 28.5 Å². The third kappa shape index (κ3) is 5.11. The van der Waals surface area contributed by atoms with Crippen LogP contribution in [0.4, 0.5) is 5.69 Å². The predicted molar refractivity (Wildman–Crippen MR) is 138 cm³/mol. The molecular formula is C26H23N3O8S. The van der Waals surface area contributed by atoms with Gasteiger partial charge in [0.05, 0.1) is 40.5 Å². The first-order valence-electron chi connectivity index (χ1n) is 11.4. The second kappa shape index (κ2) is 10.8. The first-order valence-corrected chi connectivity index (χ1v) is 12.3. The zero-order chi connectivity index (χ0) is 27.6. The molecule has 0 spiro atoms. The van der Waals surface area contributed by atoms with Gasteiger partial charge < -0.3 is 14.2 Å². The topological polar surface area (TPSA) is 139 Å². The van der Waals surface area contributed by atoms with E-state index in [2.05, 4.69) is 4.99 Å². The zero-order valence-corrected chi connectivity index (χ0v) is 21.7. The van der Waals surface area contributed by atoms with E-state index in [1.54, 1.807) is 44.2 Å². The Morgan fingerprint density at radius 3 is 2.63 bits per heavy atom. The van der Waals surface area contributed by atoms with Gasteiger partial charge in [0.15, 0.2) is 16.3 Å². The Morgan fingerprint density at radius 2 is 1.97 bits per heavy atom. The number of esters is 2. The van der Waals surface area contributed by atoms with Gasteiger partial charge in [-0.05, 0) is 43.2 Å². The van der Waals surface area contributed by atoms with Crippen LogP contribution in [0.5, 0.6) is 11.5 Å². The molecule has 4 rings (SSSR count). The fourth-order valence-electron chi connectivity index (χ4n) is 4.08. The summed E-state index contributed by atoms with van der Waals surface area (Å²) >= 11 is 1.11. The third-order valence-electron chi connectivity index (χ3n) is 5.65. The molecule has 11 nitrogen and oxygen atoms in total. The highest BCUT2D eigenvalue weighted by atomic mass is 32.1. The average molecular weight is 538 g/mol. The highest BCUT2D eigenvalue weighted by Crippen LogP contribution is 2.32. The highest BCUT2D eigenvalue weighted by molar-refractivity contribution is 7.07. The average Bonchev–Trinajstić information content (AvgIpc) is 3.18. The van der Waals surface area contributed by atoms with Crippen LogP contribution >= 0.6 is 11.3 Å². The summed E-state index contributed by atoms with van der Waals surface area (Å²) in [5.41, 5.74) is 0.816. The van der Waals surface area contributed by atoms with Crippen molar-refractivity contribution in [3.63, 3.8) is 0 Å². The Labute approximate surface area is 220 Å². The normalized spacial score (nSPS) is 14.9. The van der Waals surface area contributed by atoms with Crippen LogP contribution in [0.15, 0.2) is 63.5 Å². The Balaban J connectivity index is 1.92. The van der Waals surface area contributed by atoms with Crippen molar-refractivity contribution in [2.24, 2.45) is 4.99 Å². The van der Waals surface area contributed by atoms with E-state index in [0.29, 0.717) is 31.9 Å². The Morgan fingerprint density at radius 1 is 1.21 bits per heavy atom. The van der Waals surface area contributed by atoms with Crippen LogP contribution in [0, 0.1) is 10.1 Å². The van der Waals surface area contributed by atoms with E-state index in [9.17, 15) is 24.5 Å². The van der Waals surface area contributed by atoms with Crippen molar-refractivity contribution in [2.45, 2.75) is 26.8 Å². The third-order valence-corrected chi connectivity index (χ3v) is 6.64. The van der Waals surface area contributed by atoms with Crippen molar-refractivity contribution >= 4 is 35.0 Å². The van der Waals surface area contributed by atoms with Crippen LogP contribution in [-0.2, 0) is 14.3 Å². The molecule has 1 aliphatic heterocycles. The second-order valence-electron chi connectivity index (χ2n) is 8.16. The molecule has 0 saturated heterocycles. The quantitative estimate of drug-likeness (QED) is 0.194. The lowest BCUT2D eigenvalue weighted by molar-refractivity contribution is -0.384. The van der Waals surface area contributed by atoms with Gasteiger partial charge in [-0.2, -0.15) is 0 Å². The van der Waals surface area contributed by atoms with Crippen molar-refractivity contribution in [3.8, 4) is 11.5 Å². The number of nitrogens with zero attached hydrogens (tertiary/aromatic N) is 3. The molecule has 1 aromatic heterocycles. The summed E-state index contributed by atoms with van der Waals surface area (Å²) in [5.74, 6) is -0.626. The number of carbonyl (C=O) groups is 2. The number of carbonyl (C=O) groups excluding carboxylic acids is 2. The molecule has 196 valence electrons. The fourth-order valence-corrected chi connectivity index (χ4v) is 5.13. The van der Waals surface area contributed by atoms with E-state index >= 15 is 0 Å². The largest absolute Gasteiger partial charge is 0.493 e. The number of non-ortho nitro benzene ring substituents is 1. The van der Waals surface area contributed by atoms with E-state index in [1.807, 2.05) is 0 Å². The molecule has 2 aromatic carbocycles. The molecule has 0 amide bonds. The standard InChI is InChI=1S/C26H23N3O8S/c1-5-36-25(32)22-14(2)27-26-28(23(22)17-7-6-8-18(13-17)29(33)34)24(31)21(38-26)12-16-9-10-19(37-15(3)30)20(11-16)35-4/h6-13,23H,5H2,1-4H3/b21-12-/t23-/m0/s1. The van der Waals surface area contributed by atoms with Gasteiger partial charge in [0.25, 0.3) is 11.2 Å². The van der Waals surface area contributed by atoms with Crippen molar-refractivity contribution in [3.05, 3.63) is 94.7 Å². The first kappa shape index (κ1) is 26.5. The molecule has 2 heterocycles. The van der Waals surface area contributed by atoms with Crippen molar-refractivity contribution in [1.29, 1.82) is 0 Å². The minimum atomic E-state index is -0.978. The van der Waals surface area contributed by atoms with Crippen LogP contribution < -0.4 is 24.4 Å². The summed E-state index contributed by atoms with van der Waals surface area (Å²) in [4.78, 5) is 53.7. The maximum absolute atomic E-state index is 13.7. The number of ether oxygens (including phenoxy) is 3. The van der Waals surface area contributed by atoms with Crippen LogP contribution in [0.2, 0.25) is 0 Å². The number of methoxy groups -OCH3 is 1. The highest BCUT2D eigenvalue weighted by Gasteiger charge is 2.34. The smallest absolute Gasteiger partial charge is 0.338 e. The number of hydrogen-bond donors (Lipinski definition) is 0. The van der Waals surface area contributed by atoms with Crippen LogP contribution in [0.25, 0.3) is 6.08 Å². The summed E-state index contributed by atoms with van der Waals surface area (Å²) in [6.07, 6.45) is 1.62. The minimum Gasteiger partial charge on any atom is -0.493 e. The lowest BCUT2D eigenvalue weighted by Crippen LogP contribution is -2.40. The number of thiazole rings is 1. The van der Waals surface area contributed by atoms with Gasteiger partial charge >= 0.3 is 11.9 Å². The molecule has 0 radical (unpaired) electrons. The molecule has 1 aliphatic rings. The van der Waals surface area contributed by atoms with E-state index in [-0.39, 0.29) is 23.6 Å². The molecule has 0 fully saturated rings. The number of nitro benzene ring substituents is 1. The number of rotatable bonds is 7. The molecule has 0 bridgehead atoms. The molecule has 12 heteroatoms. The van der Waals surface area contributed by atoms with E-state index in [1.165, 1.54) is 36.8 Å². The first-order chi connectivity index (χ1) is 18.1. The number of allylic oxidation sites excluding steroid dienone is 1. The zero-order valence-electron chi connectivity index (χ0n) is 20.9. The lowest BCUT2D eigenvalue weighted by Gasteiger charge is -2.24. The van der Waals surface area contributed by atoms with E-state index in [4.69, 9.17) is 14.2 Å². The lowest BCUT2D eigenvalue weighted by atomic mass is 9.95. The van der Waals surface area contributed by atoms with Gasteiger partial charge in [-0.15, -0.1) is 0 Å². The molecule has 1 atom stereocenters. The summed E-state index contributed by atoms with van der Waals surface area (Å²) in [6, 6.07) is 9.63. The van der Waals surface area contributed by atoms with Gasteiger partial charge in [-0.25, -0.2) is 9.79 Å². The summed E-state index contributed by atoms with van der Waals surface area (Å²) < 4.78 is 17.3. The molecule has 0 saturated carbocycles. The van der Waals surface area contributed by atoms with Crippen LogP contribution in [0.1, 0.15) is 37.9 Å². The van der Waals surface area contributed by atoms with Gasteiger partial charge in [0.1, 0.15) is 0 Å². The summed E-state index contributed by atoms with van der Waals surface area (Å²) in [6.45, 7) is 4.67. The Hall–Kier alpha value is -4.58. The molecule has 0 aliphatic carbocycles. The Bertz CT molecular complexity index is 1670. The monoisotopic (exact) mass is 537 g/mol. The second-order valence-corrected chi connectivity index (χ2v) is 9.17. The van der Waals surface area contributed by atoms with Gasteiger partial charge in [0.2, 0.25) is 0 Å². The fraction of sp³-hybridized carbons (Fsp3) is 0.231. The van der Waals surface area contributed by atoms with Crippen LogP contribution in [0.3, 0.4) is 0 Å². The SMILES string of the molecule is CCOC(=O)C1=C(C)N=c2s/c(=C\c3ccc(OC(C)=O)c(OC)c3)c(=O)n2[C@H]1c1cccc([N+](=O)[O-])c1. The van der Waals surface area contributed by atoms with Gasteiger partial charge in [0, 0.05) is 19.1 Å². The number of hydrogen-bond acceptors (Lipinski definition) is 10. The van der Waals surface area contributed by atoms with Gasteiger partial charge in [-0.3, -0.25) is 24.3 Å². The molecule has 3 aromatic rings. The number of aromatic nitrogens is 1. The maximum atomic E-state index is 13.7. The Kier molecular flexibility index (Phi) is 7.53. The number of fused-ring (bicyclic) bond motifs is 1. The summed E-state index contributed by atoms with van der Waals surface area (Å²) in [5, 5.41) is 11.4. The minimum absolute atomic E-state index is 0.104. The summed E-state index contributed by atoms with van der Waals surface area (Å²) in [7, 11) is 1.43.